The van der Waals surface area contributed by atoms with Gasteiger partial charge in [0, 0.05) is 12.8 Å². The van der Waals surface area contributed by atoms with E-state index in [0.29, 0.717) is 43.1 Å². The summed E-state index contributed by atoms with van der Waals surface area (Å²) in [6, 6.07) is 3.80. The molecule has 0 bridgehead atoms. The lowest BCUT2D eigenvalue weighted by Gasteiger charge is -2.15. The summed E-state index contributed by atoms with van der Waals surface area (Å²) in [5.41, 5.74) is 1.04. The number of methoxy groups -OCH3 is 2. The third-order valence-electron chi connectivity index (χ3n) is 2.85. The molecule has 0 radical (unpaired) electrons. The van der Waals surface area contributed by atoms with Crippen LogP contribution in [0.3, 0.4) is 0 Å². The fourth-order valence-electron chi connectivity index (χ4n) is 1.77. The minimum absolute atomic E-state index is 0.256. The number of hydrogen-bond acceptors (Lipinski definition) is 4. The van der Waals surface area contributed by atoms with Crippen molar-refractivity contribution < 1.29 is 19.0 Å². The van der Waals surface area contributed by atoms with Crippen molar-refractivity contribution in [3.05, 3.63) is 17.7 Å². The molecule has 0 unspecified atom stereocenters. The smallest absolute Gasteiger partial charge is 0.203 e. The summed E-state index contributed by atoms with van der Waals surface area (Å²) < 4.78 is 16.3. The number of benzene rings is 1. The molecule has 0 aliphatic rings. The average Bonchev–Trinajstić information content (AvgIpc) is 2.43. The summed E-state index contributed by atoms with van der Waals surface area (Å²) in [4.78, 5) is 11.2. The largest absolute Gasteiger partial charge is 0.493 e. The van der Waals surface area contributed by atoms with Gasteiger partial charge in [-0.2, -0.15) is 0 Å². The maximum Gasteiger partial charge on any atom is 0.203 e. The van der Waals surface area contributed by atoms with Crippen molar-refractivity contribution >= 4 is 5.78 Å². The van der Waals surface area contributed by atoms with Crippen molar-refractivity contribution in [3.63, 3.8) is 0 Å². The number of aryl methyl sites for hydroxylation is 1. The lowest BCUT2D eigenvalue weighted by atomic mass is 10.2. The van der Waals surface area contributed by atoms with E-state index in [9.17, 15) is 4.79 Å². The van der Waals surface area contributed by atoms with Crippen LogP contribution in [0.15, 0.2) is 12.1 Å². The Hall–Kier alpha value is -1.71. The second kappa shape index (κ2) is 7.67. The molecule has 4 heteroatoms. The van der Waals surface area contributed by atoms with Crippen LogP contribution < -0.4 is 14.2 Å². The molecule has 0 saturated heterocycles. The molecule has 0 spiro atoms. The maximum absolute atomic E-state index is 11.2. The highest BCUT2D eigenvalue weighted by Gasteiger charge is 2.12. The Kier molecular flexibility index (Phi) is 6.19. The third kappa shape index (κ3) is 4.47. The van der Waals surface area contributed by atoms with Gasteiger partial charge in [-0.25, -0.2) is 0 Å². The lowest BCUT2D eigenvalue weighted by Crippen LogP contribution is -2.04. The van der Waals surface area contributed by atoms with Crippen molar-refractivity contribution in [2.75, 3.05) is 20.8 Å². The SMILES string of the molecule is CCC(=O)CCCOc1c(OC)cc(C)cc1OC. The number of ketones is 1. The zero-order chi connectivity index (χ0) is 14.3. The summed E-state index contributed by atoms with van der Waals surface area (Å²) in [5, 5.41) is 0. The van der Waals surface area contributed by atoms with E-state index >= 15 is 0 Å². The van der Waals surface area contributed by atoms with Gasteiger partial charge in [0.05, 0.1) is 20.8 Å². The lowest BCUT2D eigenvalue weighted by molar-refractivity contribution is -0.118. The van der Waals surface area contributed by atoms with Crippen LogP contribution in [0.2, 0.25) is 0 Å². The predicted molar refractivity (Wildman–Crippen MR) is 74.3 cm³/mol. The van der Waals surface area contributed by atoms with Gasteiger partial charge < -0.3 is 14.2 Å². The molecule has 1 aromatic carbocycles. The molecule has 1 rings (SSSR count). The molecule has 0 aromatic heterocycles. The Morgan fingerprint density at radius 3 is 2.21 bits per heavy atom. The molecule has 106 valence electrons. The first-order valence-electron chi connectivity index (χ1n) is 6.49. The van der Waals surface area contributed by atoms with Crippen molar-refractivity contribution in [3.8, 4) is 17.2 Å². The Bertz CT molecular complexity index is 401. The quantitative estimate of drug-likeness (QED) is 0.678. The topological polar surface area (TPSA) is 44.8 Å². The van der Waals surface area contributed by atoms with Gasteiger partial charge in [0.2, 0.25) is 5.75 Å². The first-order chi connectivity index (χ1) is 9.12. The highest BCUT2D eigenvalue weighted by Crippen LogP contribution is 2.38. The maximum atomic E-state index is 11.2. The third-order valence-corrected chi connectivity index (χ3v) is 2.85. The summed E-state index contributed by atoms with van der Waals surface area (Å²) in [7, 11) is 3.20. The molecular formula is C15H22O4. The van der Waals surface area contributed by atoms with E-state index < -0.39 is 0 Å². The van der Waals surface area contributed by atoms with Crippen LogP contribution in [0.5, 0.6) is 17.2 Å². The van der Waals surface area contributed by atoms with E-state index in [4.69, 9.17) is 14.2 Å². The first kappa shape index (κ1) is 15.3. The van der Waals surface area contributed by atoms with Gasteiger partial charge >= 0.3 is 0 Å². The van der Waals surface area contributed by atoms with Crippen LogP contribution >= 0.6 is 0 Å². The van der Waals surface area contributed by atoms with E-state index in [-0.39, 0.29) is 5.78 Å². The molecule has 4 nitrogen and oxygen atoms in total. The Morgan fingerprint density at radius 1 is 1.16 bits per heavy atom. The second-order valence-corrected chi connectivity index (χ2v) is 4.34. The second-order valence-electron chi connectivity index (χ2n) is 4.34. The normalized spacial score (nSPS) is 10.1. The Balaban J connectivity index is 2.68. The molecule has 0 aliphatic heterocycles. The zero-order valence-corrected chi connectivity index (χ0v) is 12.1. The number of hydrogen-bond donors (Lipinski definition) is 0. The highest BCUT2D eigenvalue weighted by atomic mass is 16.5. The van der Waals surface area contributed by atoms with Crippen LogP contribution in [-0.4, -0.2) is 26.6 Å². The van der Waals surface area contributed by atoms with Gasteiger partial charge in [0.1, 0.15) is 5.78 Å². The summed E-state index contributed by atoms with van der Waals surface area (Å²) in [6.45, 7) is 4.31. The summed E-state index contributed by atoms with van der Waals surface area (Å²) in [6.07, 6.45) is 1.83. The van der Waals surface area contributed by atoms with E-state index in [1.54, 1.807) is 14.2 Å². The van der Waals surface area contributed by atoms with Gasteiger partial charge in [-0.05, 0) is 31.0 Å². The number of carbonyl (C=O) groups excluding carboxylic acids is 1. The molecule has 19 heavy (non-hydrogen) atoms. The molecule has 0 amide bonds. The Morgan fingerprint density at radius 2 is 1.74 bits per heavy atom. The van der Waals surface area contributed by atoms with Crippen molar-refractivity contribution in [2.24, 2.45) is 0 Å². The van der Waals surface area contributed by atoms with Crippen LogP contribution in [0.1, 0.15) is 31.7 Å². The standard InChI is InChI=1S/C15H22O4/c1-5-12(16)7-6-8-19-15-13(17-3)9-11(2)10-14(15)18-4/h9-10H,5-8H2,1-4H3. The molecular weight excluding hydrogens is 244 g/mol. The molecule has 1 aromatic rings. The molecule has 0 heterocycles. The molecule has 0 aliphatic carbocycles. The van der Waals surface area contributed by atoms with Crippen LogP contribution in [0.25, 0.3) is 0 Å². The van der Waals surface area contributed by atoms with Crippen LogP contribution in [0, 0.1) is 6.92 Å². The first-order valence-corrected chi connectivity index (χ1v) is 6.49. The molecule has 0 fully saturated rings. The monoisotopic (exact) mass is 266 g/mol. The number of carbonyl (C=O) groups is 1. The van der Waals surface area contributed by atoms with E-state index in [1.807, 2.05) is 26.0 Å². The summed E-state index contributed by atoms with van der Waals surface area (Å²) in [5.74, 6) is 2.16. The molecule has 0 N–H and O–H groups in total. The molecule has 0 atom stereocenters. The van der Waals surface area contributed by atoms with Gasteiger partial charge in [-0.15, -0.1) is 0 Å². The zero-order valence-electron chi connectivity index (χ0n) is 12.1. The van der Waals surface area contributed by atoms with Crippen molar-refractivity contribution in [1.82, 2.24) is 0 Å². The Labute approximate surface area is 114 Å². The highest BCUT2D eigenvalue weighted by molar-refractivity contribution is 5.77. The number of ether oxygens (including phenoxy) is 3. The molecule has 0 saturated carbocycles. The number of rotatable bonds is 8. The van der Waals surface area contributed by atoms with Crippen LogP contribution in [0.4, 0.5) is 0 Å². The summed E-state index contributed by atoms with van der Waals surface area (Å²) >= 11 is 0. The van der Waals surface area contributed by atoms with Gasteiger partial charge in [-0.1, -0.05) is 6.92 Å². The van der Waals surface area contributed by atoms with E-state index in [1.165, 1.54) is 0 Å². The number of Topliss-reactive ketones (excluding diaryl/α,β-unsaturated/α-hetero) is 1. The van der Waals surface area contributed by atoms with E-state index in [2.05, 4.69) is 0 Å². The average molecular weight is 266 g/mol. The van der Waals surface area contributed by atoms with Crippen LogP contribution in [-0.2, 0) is 4.79 Å². The minimum Gasteiger partial charge on any atom is -0.493 e. The predicted octanol–water partition coefficient (Wildman–Crippen LogP) is 3.15. The van der Waals surface area contributed by atoms with Gasteiger partial charge in [0.25, 0.3) is 0 Å². The van der Waals surface area contributed by atoms with E-state index in [0.717, 1.165) is 5.56 Å². The fourth-order valence-corrected chi connectivity index (χ4v) is 1.77. The van der Waals surface area contributed by atoms with Crippen molar-refractivity contribution in [1.29, 1.82) is 0 Å². The van der Waals surface area contributed by atoms with Gasteiger partial charge in [-0.3, -0.25) is 4.79 Å². The minimum atomic E-state index is 0.256. The van der Waals surface area contributed by atoms with Crippen molar-refractivity contribution in [2.45, 2.75) is 33.1 Å². The fraction of sp³-hybridized carbons (Fsp3) is 0.533. The van der Waals surface area contributed by atoms with Gasteiger partial charge in [0.15, 0.2) is 11.5 Å².